The molecule has 5 nitrogen and oxygen atoms in total. The SMILES string of the molecule is ClCC1(Nc2nccn3cnnc23)CC1. The average Bonchev–Trinajstić information content (AvgIpc) is 2.87. The summed E-state index contributed by atoms with van der Waals surface area (Å²) in [5, 5.41) is 11.2. The lowest BCUT2D eigenvalue weighted by molar-refractivity contribution is 0.828. The van der Waals surface area contributed by atoms with Gasteiger partial charge in [0.05, 0.1) is 5.54 Å². The molecule has 0 radical (unpaired) electrons. The fourth-order valence-corrected chi connectivity index (χ4v) is 1.87. The van der Waals surface area contributed by atoms with E-state index in [2.05, 4.69) is 20.5 Å². The first-order valence-electron chi connectivity index (χ1n) is 4.81. The summed E-state index contributed by atoms with van der Waals surface area (Å²) in [5.41, 5.74) is 0.774. The van der Waals surface area contributed by atoms with E-state index in [1.54, 1.807) is 12.5 Å². The monoisotopic (exact) mass is 223 g/mol. The van der Waals surface area contributed by atoms with Crippen LogP contribution in [0.1, 0.15) is 12.8 Å². The Hall–Kier alpha value is -1.36. The third-order valence-corrected chi connectivity index (χ3v) is 3.22. The highest BCUT2D eigenvalue weighted by atomic mass is 35.5. The van der Waals surface area contributed by atoms with Crippen molar-refractivity contribution < 1.29 is 0 Å². The molecule has 1 N–H and O–H groups in total. The molecule has 1 aliphatic carbocycles. The zero-order chi connectivity index (χ0) is 10.3. The van der Waals surface area contributed by atoms with Gasteiger partial charge in [-0.15, -0.1) is 21.8 Å². The van der Waals surface area contributed by atoms with Crippen molar-refractivity contribution >= 4 is 23.1 Å². The molecule has 0 bridgehead atoms. The van der Waals surface area contributed by atoms with Crippen molar-refractivity contribution in [1.82, 2.24) is 19.6 Å². The average molecular weight is 224 g/mol. The van der Waals surface area contributed by atoms with Crippen LogP contribution in [0.3, 0.4) is 0 Å². The second kappa shape index (κ2) is 3.06. The highest BCUT2D eigenvalue weighted by molar-refractivity contribution is 6.19. The Labute approximate surface area is 91.5 Å². The van der Waals surface area contributed by atoms with E-state index in [9.17, 15) is 0 Å². The van der Waals surface area contributed by atoms with Crippen LogP contribution in [0, 0.1) is 0 Å². The number of hydrogen-bond donors (Lipinski definition) is 1. The Morgan fingerprint density at radius 2 is 2.40 bits per heavy atom. The molecule has 6 heteroatoms. The Morgan fingerprint density at radius 3 is 3.13 bits per heavy atom. The maximum Gasteiger partial charge on any atom is 0.203 e. The molecule has 2 aromatic rings. The van der Waals surface area contributed by atoms with Gasteiger partial charge in [-0.25, -0.2) is 4.98 Å². The topological polar surface area (TPSA) is 55.1 Å². The van der Waals surface area contributed by atoms with Gasteiger partial charge in [0, 0.05) is 18.3 Å². The molecule has 0 saturated heterocycles. The lowest BCUT2D eigenvalue weighted by Crippen LogP contribution is -2.24. The van der Waals surface area contributed by atoms with Crippen LogP contribution in [-0.4, -0.2) is 31.0 Å². The lowest BCUT2D eigenvalue weighted by Gasteiger charge is -2.14. The van der Waals surface area contributed by atoms with E-state index < -0.39 is 0 Å². The number of halogens is 1. The summed E-state index contributed by atoms with van der Waals surface area (Å²) < 4.78 is 1.83. The molecular formula is C9H10ClN5. The van der Waals surface area contributed by atoms with Crippen molar-refractivity contribution in [3.05, 3.63) is 18.7 Å². The van der Waals surface area contributed by atoms with Crippen LogP contribution in [0.4, 0.5) is 5.82 Å². The Morgan fingerprint density at radius 1 is 1.53 bits per heavy atom. The summed E-state index contributed by atoms with van der Waals surface area (Å²) in [6, 6.07) is 0. The van der Waals surface area contributed by atoms with Crippen molar-refractivity contribution in [2.45, 2.75) is 18.4 Å². The van der Waals surface area contributed by atoms with Crippen LogP contribution >= 0.6 is 11.6 Å². The predicted octanol–water partition coefficient (Wildman–Crippen LogP) is 1.31. The summed E-state index contributed by atoms with van der Waals surface area (Å²) in [6.07, 6.45) is 7.38. The zero-order valence-corrected chi connectivity index (χ0v) is 8.78. The number of nitrogens with zero attached hydrogens (tertiary/aromatic N) is 4. The summed E-state index contributed by atoms with van der Waals surface area (Å²) in [5.74, 6) is 1.36. The summed E-state index contributed by atoms with van der Waals surface area (Å²) in [6.45, 7) is 0. The van der Waals surface area contributed by atoms with Gasteiger partial charge in [0.1, 0.15) is 6.33 Å². The van der Waals surface area contributed by atoms with Crippen LogP contribution < -0.4 is 5.32 Å². The normalized spacial score (nSPS) is 17.9. The molecule has 0 unspecified atom stereocenters. The van der Waals surface area contributed by atoms with Gasteiger partial charge in [-0.2, -0.15) is 0 Å². The Bertz CT molecular complexity index is 490. The molecule has 78 valence electrons. The van der Waals surface area contributed by atoms with E-state index in [0.29, 0.717) is 5.88 Å². The van der Waals surface area contributed by atoms with Crippen molar-refractivity contribution in [3.63, 3.8) is 0 Å². The third-order valence-electron chi connectivity index (χ3n) is 2.71. The first-order valence-corrected chi connectivity index (χ1v) is 5.35. The van der Waals surface area contributed by atoms with Gasteiger partial charge < -0.3 is 5.32 Å². The molecule has 1 fully saturated rings. The largest absolute Gasteiger partial charge is 0.360 e. The maximum atomic E-state index is 5.90. The van der Waals surface area contributed by atoms with E-state index in [1.165, 1.54) is 0 Å². The molecule has 0 amide bonds. The highest BCUT2D eigenvalue weighted by Crippen LogP contribution is 2.39. The number of aromatic nitrogens is 4. The van der Waals surface area contributed by atoms with Gasteiger partial charge in [-0.05, 0) is 12.8 Å². The zero-order valence-electron chi connectivity index (χ0n) is 8.02. The van der Waals surface area contributed by atoms with Crippen LogP contribution in [0.25, 0.3) is 5.65 Å². The molecule has 1 saturated carbocycles. The third kappa shape index (κ3) is 1.43. The second-order valence-corrected chi connectivity index (χ2v) is 4.14. The first kappa shape index (κ1) is 8.91. The quantitative estimate of drug-likeness (QED) is 0.798. The molecule has 1 aliphatic rings. The van der Waals surface area contributed by atoms with Crippen molar-refractivity contribution in [2.75, 3.05) is 11.2 Å². The molecular weight excluding hydrogens is 214 g/mol. The molecule has 0 aromatic carbocycles. The van der Waals surface area contributed by atoms with Crippen LogP contribution in [0.15, 0.2) is 18.7 Å². The fourth-order valence-electron chi connectivity index (χ4n) is 1.54. The molecule has 0 atom stereocenters. The molecule has 0 spiro atoms. The first-order chi connectivity index (χ1) is 7.33. The number of fused-ring (bicyclic) bond motifs is 1. The number of nitrogens with one attached hydrogen (secondary N) is 1. The van der Waals surface area contributed by atoms with Gasteiger partial charge in [0.15, 0.2) is 5.82 Å². The van der Waals surface area contributed by atoms with Crippen LogP contribution in [-0.2, 0) is 0 Å². The van der Waals surface area contributed by atoms with Crippen LogP contribution in [0.5, 0.6) is 0 Å². The highest BCUT2D eigenvalue weighted by Gasteiger charge is 2.42. The van der Waals surface area contributed by atoms with Crippen molar-refractivity contribution in [2.24, 2.45) is 0 Å². The van der Waals surface area contributed by atoms with Gasteiger partial charge >= 0.3 is 0 Å². The smallest absolute Gasteiger partial charge is 0.203 e. The van der Waals surface area contributed by atoms with Crippen molar-refractivity contribution in [1.29, 1.82) is 0 Å². The standard InChI is InChI=1S/C9H10ClN5/c10-5-9(1-2-9)13-7-8-14-12-6-15(8)4-3-11-7/h3-4,6H,1-2,5H2,(H,11,13). The molecule has 2 aromatic heterocycles. The Kier molecular flexibility index (Phi) is 1.82. The van der Waals surface area contributed by atoms with E-state index in [0.717, 1.165) is 24.3 Å². The molecule has 3 rings (SSSR count). The van der Waals surface area contributed by atoms with Gasteiger partial charge in [0.2, 0.25) is 5.65 Å². The van der Waals surface area contributed by atoms with Gasteiger partial charge in [-0.1, -0.05) is 0 Å². The van der Waals surface area contributed by atoms with E-state index in [1.807, 2.05) is 10.6 Å². The Balaban J connectivity index is 2.00. The summed E-state index contributed by atoms with van der Waals surface area (Å²) in [7, 11) is 0. The van der Waals surface area contributed by atoms with Crippen LogP contribution in [0.2, 0.25) is 0 Å². The van der Waals surface area contributed by atoms with E-state index in [4.69, 9.17) is 11.6 Å². The number of anilines is 1. The minimum atomic E-state index is 0.0301. The number of hydrogen-bond acceptors (Lipinski definition) is 4. The number of rotatable bonds is 3. The fraction of sp³-hybridized carbons (Fsp3) is 0.444. The predicted molar refractivity (Wildman–Crippen MR) is 57.1 cm³/mol. The summed E-state index contributed by atoms with van der Waals surface area (Å²) in [4.78, 5) is 4.26. The summed E-state index contributed by atoms with van der Waals surface area (Å²) >= 11 is 5.90. The van der Waals surface area contributed by atoms with Crippen molar-refractivity contribution in [3.8, 4) is 0 Å². The van der Waals surface area contributed by atoms with E-state index in [-0.39, 0.29) is 5.54 Å². The molecule has 0 aliphatic heterocycles. The molecule has 2 heterocycles. The number of alkyl halides is 1. The van der Waals surface area contributed by atoms with E-state index >= 15 is 0 Å². The second-order valence-electron chi connectivity index (χ2n) is 3.88. The maximum absolute atomic E-state index is 5.90. The minimum Gasteiger partial charge on any atom is -0.360 e. The molecule has 15 heavy (non-hydrogen) atoms. The minimum absolute atomic E-state index is 0.0301. The lowest BCUT2D eigenvalue weighted by atomic mass is 10.3. The van der Waals surface area contributed by atoms with Gasteiger partial charge in [-0.3, -0.25) is 4.40 Å². The van der Waals surface area contributed by atoms with Gasteiger partial charge in [0.25, 0.3) is 0 Å².